The van der Waals surface area contributed by atoms with Crippen molar-refractivity contribution in [2.45, 2.75) is 38.6 Å². The largest absolute Gasteiger partial charge is 0.371 e. The second-order valence-corrected chi connectivity index (χ2v) is 8.29. The molecule has 0 spiro atoms. The summed E-state index contributed by atoms with van der Waals surface area (Å²) in [6.07, 6.45) is 3.05. The van der Waals surface area contributed by atoms with E-state index in [1.165, 1.54) is 21.8 Å². The molecule has 0 atom stereocenters. The lowest BCUT2D eigenvalue weighted by Gasteiger charge is -2.37. The zero-order chi connectivity index (χ0) is 15.6. The molecule has 1 heterocycles. The summed E-state index contributed by atoms with van der Waals surface area (Å²) in [4.78, 5) is 2.36. The van der Waals surface area contributed by atoms with Gasteiger partial charge in [-0.25, -0.2) is 12.7 Å². The Morgan fingerprint density at radius 1 is 1.24 bits per heavy atom. The fraction of sp³-hybridized carbons (Fsp3) is 0.625. The number of hydrogen-bond donors (Lipinski definition) is 0. The van der Waals surface area contributed by atoms with Crippen LogP contribution < -0.4 is 4.90 Å². The van der Waals surface area contributed by atoms with Gasteiger partial charge >= 0.3 is 0 Å². The Hall–Kier alpha value is -1.07. The highest BCUT2D eigenvalue weighted by Gasteiger charge is 2.27. The molecule has 0 aromatic heterocycles. The molecule has 0 amide bonds. The lowest BCUT2D eigenvalue weighted by molar-refractivity contribution is 0.314. The third-order valence-corrected chi connectivity index (χ3v) is 5.75. The van der Waals surface area contributed by atoms with Crippen molar-refractivity contribution in [1.29, 1.82) is 0 Å². The molecular formula is C16H26N2O2S. The third kappa shape index (κ3) is 3.98. The molecule has 1 aliphatic rings. The lowest BCUT2D eigenvalue weighted by Crippen LogP contribution is -2.45. The third-order valence-electron chi connectivity index (χ3n) is 4.40. The van der Waals surface area contributed by atoms with Gasteiger partial charge in [0.2, 0.25) is 10.0 Å². The molecule has 1 aliphatic heterocycles. The molecule has 2 rings (SSSR count). The molecule has 21 heavy (non-hydrogen) atoms. The Labute approximate surface area is 128 Å². The number of nitrogens with zero attached hydrogens (tertiary/aromatic N) is 2. The van der Waals surface area contributed by atoms with E-state index in [1.54, 1.807) is 7.05 Å². The first-order valence-corrected chi connectivity index (χ1v) is 9.42. The topological polar surface area (TPSA) is 40.6 Å². The van der Waals surface area contributed by atoms with E-state index >= 15 is 0 Å². The zero-order valence-corrected chi connectivity index (χ0v) is 14.2. The number of benzene rings is 1. The molecule has 1 aromatic rings. The van der Waals surface area contributed by atoms with Crippen LogP contribution in [0.5, 0.6) is 0 Å². The fourth-order valence-corrected chi connectivity index (χ4v) is 3.59. The van der Waals surface area contributed by atoms with Crippen LogP contribution in [0, 0.1) is 0 Å². The summed E-state index contributed by atoms with van der Waals surface area (Å²) in [7, 11) is -1.40. The lowest BCUT2D eigenvalue weighted by atomic mass is 10.0. The van der Waals surface area contributed by atoms with Gasteiger partial charge in [0.05, 0.1) is 6.26 Å². The van der Waals surface area contributed by atoms with Crippen LogP contribution in [-0.2, 0) is 10.0 Å². The van der Waals surface area contributed by atoms with E-state index in [1.807, 2.05) is 0 Å². The highest BCUT2D eigenvalue weighted by molar-refractivity contribution is 7.88. The second-order valence-electron chi connectivity index (χ2n) is 6.25. The first-order valence-electron chi connectivity index (χ1n) is 7.57. The summed E-state index contributed by atoms with van der Waals surface area (Å²) < 4.78 is 24.8. The summed E-state index contributed by atoms with van der Waals surface area (Å²) in [6.45, 7) is 6.22. The number of hydrogen-bond acceptors (Lipinski definition) is 3. The molecular weight excluding hydrogens is 284 g/mol. The fourth-order valence-electron chi connectivity index (χ4n) is 2.84. The van der Waals surface area contributed by atoms with Crippen molar-refractivity contribution in [3.63, 3.8) is 0 Å². The minimum Gasteiger partial charge on any atom is -0.371 e. The molecule has 0 aliphatic carbocycles. The van der Waals surface area contributed by atoms with E-state index in [0.717, 1.165) is 25.9 Å². The molecule has 118 valence electrons. The summed E-state index contributed by atoms with van der Waals surface area (Å²) in [5, 5.41) is 0. The highest BCUT2D eigenvalue weighted by atomic mass is 32.2. The maximum Gasteiger partial charge on any atom is 0.211 e. The quantitative estimate of drug-likeness (QED) is 0.858. The van der Waals surface area contributed by atoms with Crippen LogP contribution in [-0.4, -0.2) is 45.2 Å². The molecule has 4 nitrogen and oxygen atoms in total. The Bertz CT molecular complexity index is 576. The van der Waals surface area contributed by atoms with Crippen molar-refractivity contribution in [2.75, 3.05) is 31.3 Å². The average molecular weight is 310 g/mol. The molecule has 5 heteroatoms. The van der Waals surface area contributed by atoms with Crippen LogP contribution in [0.1, 0.15) is 38.2 Å². The van der Waals surface area contributed by atoms with Gasteiger partial charge in [-0.1, -0.05) is 26.0 Å². The maximum absolute atomic E-state index is 11.6. The van der Waals surface area contributed by atoms with E-state index in [9.17, 15) is 8.42 Å². The van der Waals surface area contributed by atoms with Crippen LogP contribution in [0.25, 0.3) is 0 Å². The highest BCUT2D eigenvalue weighted by Crippen LogP contribution is 2.26. The van der Waals surface area contributed by atoms with Crippen LogP contribution in [0.15, 0.2) is 24.3 Å². The van der Waals surface area contributed by atoms with Crippen LogP contribution in [0.2, 0.25) is 0 Å². The summed E-state index contributed by atoms with van der Waals surface area (Å²) in [5.74, 6) is 0.527. The van der Waals surface area contributed by atoms with Gasteiger partial charge in [0, 0.05) is 31.9 Å². The molecule has 0 saturated carbocycles. The molecule has 1 fully saturated rings. The van der Waals surface area contributed by atoms with Crippen molar-refractivity contribution in [1.82, 2.24) is 4.31 Å². The van der Waals surface area contributed by atoms with Crippen LogP contribution in [0.4, 0.5) is 5.69 Å². The first kappa shape index (κ1) is 16.3. The summed E-state index contributed by atoms with van der Waals surface area (Å²) >= 11 is 0. The van der Waals surface area contributed by atoms with Gasteiger partial charge in [0.25, 0.3) is 0 Å². The SMILES string of the molecule is CC(C)c1cccc(N2CCC(N(C)S(C)(=O)=O)CC2)c1. The smallest absolute Gasteiger partial charge is 0.211 e. The monoisotopic (exact) mass is 310 g/mol. The number of piperidine rings is 1. The molecule has 1 aromatic carbocycles. The van der Waals surface area contributed by atoms with Crippen molar-refractivity contribution < 1.29 is 8.42 Å². The standard InChI is InChI=1S/C16H26N2O2S/c1-13(2)14-6-5-7-16(12-14)18-10-8-15(9-11-18)17(3)21(4,19)20/h5-7,12-13,15H,8-11H2,1-4H3. The van der Waals surface area contributed by atoms with Gasteiger partial charge in [-0.15, -0.1) is 0 Å². The summed E-state index contributed by atoms with van der Waals surface area (Å²) in [5.41, 5.74) is 2.60. The Morgan fingerprint density at radius 2 is 1.86 bits per heavy atom. The minimum atomic E-state index is -3.09. The molecule has 1 saturated heterocycles. The Morgan fingerprint density at radius 3 is 2.38 bits per heavy atom. The van der Waals surface area contributed by atoms with Crippen molar-refractivity contribution in [3.05, 3.63) is 29.8 Å². The molecule has 0 radical (unpaired) electrons. The summed E-state index contributed by atoms with van der Waals surface area (Å²) in [6, 6.07) is 8.81. The maximum atomic E-state index is 11.6. The molecule has 0 unspecified atom stereocenters. The Kier molecular flexibility index (Phi) is 4.94. The van der Waals surface area contributed by atoms with E-state index in [0.29, 0.717) is 5.92 Å². The predicted octanol–water partition coefficient (Wildman–Crippen LogP) is 2.67. The van der Waals surface area contributed by atoms with Gasteiger partial charge in [-0.05, 0) is 36.5 Å². The van der Waals surface area contributed by atoms with E-state index in [4.69, 9.17) is 0 Å². The zero-order valence-electron chi connectivity index (χ0n) is 13.4. The number of anilines is 1. The Balaban J connectivity index is 2.03. The van der Waals surface area contributed by atoms with Gasteiger partial charge in [0.1, 0.15) is 0 Å². The number of rotatable bonds is 4. The van der Waals surface area contributed by atoms with Crippen molar-refractivity contribution in [2.24, 2.45) is 0 Å². The minimum absolute atomic E-state index is 0.129. The first-order chi connectivity index (χ1) is 9.79. The van der Waals surface area contributed by atoms with E-state index < -0.39 is 10.0 Å². The van der Waals surface area contributed by atoms with Gasteiger partial charge in [-0.3, -0.25) is 0 Å². The van der Waals surface area contributed by atoms with Crippen LogP contribution in [0.3, 0.4) is 0 Å². The van der Waals surface area contributed by atoms with Crippen molar-refractivity contribution in [3.8, 4) is 0 Å². The average Bonchev–Trinajstić information content (AvgIpc) is 2.46. The van der Waals surface area contributed by atoms with Crippen LogP contribution >= 0.6 is 0 Å². The van der Waals surface area contributed by atoms with Crippen molar-refractivity contribution >= 4 is 15.7 Å². The van der Waals surface area contributed by atoms with E-state index in [2.05, 4.69) is 43.0 Å². The number of sulfonamides is 1. The predicted molar refractivity (Wildman–Crippen MR) is 88.4 cm³/mol. The van der Waals surface area contributed by atoms with Gasteiger partial charge in [-0.2, -0.15) is 0 Å². The normalized spacial score (nSPS) is 17.7. The second kappa shape index (κ2) is 6.36. The van der Waals surface area contributed by atoms with E-state index in [-0.39, 0.29) is 6.04 Å². The molecule has 0 N–H and O–H groups in total. The van der Waals surface area contributed by atoms with Gasteiger partial charge < -0.3 is 4.90 Å². The van der Waals surface area contributed by atoms with Gasteiger partial charge in [0.15, 0.2) is 0 Å². The molecule has 0 bridgehead atoms.